The maximum Gasteiger partial charge on any atom is 0.220 e. The number of hydrogen-bond donors (Lipinski definition) is 19. The first kappa shape index (κ1) is 64.1. The van der Waals surface area contributed by atoms with E-state index in [0.717, 1.165) is 25.7 Å². The number of rotatable bonds is 30. The Morgan fingerprint density at radius 3 is 1.30 bits per heavy atom. The first-order valence-electron chi connectivity index (χ1n) is 26.3. The molecule has 442 valence electrons. The predicted molar refractivity (Wildman–Crippen MR) is 284 cm³/mol. The van der Waals surface area contributed by atoms with Crippen molar-refractivity contribution in [1.82, 2.24) is 5.32 Å². The number of aliphatic hydroxyl groups excluding tert-OH is 6. The molecule has 3 heterocycles. The van der Waals surface area contributed by atoms with E-state index >= 15 is 0 Å². The molecule has 4 fully saturated rings. The van der Waals surface area contributed by atoms with Gasteiger partial charge < -0.3 is 133 Å². The molecule has 31 N–H and O–H groups in total. The molecule has 0 radical (unpaired) electrons. The van der Waals surface area contributed by atoms with Crippen LogP contribution in [0, 0.1) is 0 Å². The molecule has 1 amide bonds. The number of carbonyl (C=O) groups is 1. The van der Waals surface area contributed by atoms with Gasteiger partial charge in [-0.05, 0) is 12.8 Å². The average Bonchev–Trinajstić information content (AvgIpc) is 3.64. The van der Waals surface area contributed by atoms with Gasteiger partial charge in [0.2, 0.25) is 5.91 Å². The number of nitrogens with zero attached hydrogens (tertiary/aromatic N) is 6. The third kappa shape index (κ3) is 20.1. The lowest BCUT2D eigenvalue weighted by molar-refractivity contribution is -0.306. The van der Waals surface area contributed by atoms with Gasteiger partial charge in [0.1, 0.15) is 85.3 Å². The second-order valence-electron chi connectivity index (χ2n) is 19.8. The molecule has 32 nitrogen and oxygen atoms in total. The quantitative estimate of drug-likeness (QED) is 0.0180. The third-order valence-electron chi connectivity index (χ3n) is 13.6. The summed E-state index contributed by atoms with van der Waals surface area (Å²) in [4.78, 5) is 37.8. The molecular formula is C45H89N19O13. The number of nitrogens with two attached hydrogens (primary N) is 12. The molecule has 3 aliphatic heterocycles. The summed E-state index contributed by atoms with van der Waals surface area (Å²) in [6.45, 7) is 1.15. The highest BCUT2D eigenvalue weighted by atomic mass is 16.8. The minimum atomic E-state index is -1.87. The minimum absolute atomic E-state index is 0.168. The first-order valence-corrected chi connectivity index (χ1v) is 26.3. The summed E-state index contributed by atoms with van der Waals surface area (Å²) < 4.78 is 37.7. The van der Waals surface area contributed by atoms with Crippen LogP contribution in [0.1, 0.15) is 103 Å². The van der Waals surface area contributed by atoms with E-state index in [2.05, 4.69) is 42.2 Å². The van der Waals surface area contributed by atoms with E-state index < -0.39 is 140 Å². The Morgan fingerprint density at radius 2 is 0.857 bits per heavy atom. The van der Waals surface area contributed by atoms with Crippen molar-refractivity contribution in [3.8, 4) is 0 Å². The summed E-state index contributed by atoms with van der Waals surface area (Å²) in [7, 11) is 0. The number of aliphatic imine (C=N–C) groups is 6. The predicted octanol–water partition coefficient (Wildman–Crippen LogP) is -7.40. The summed E-state index contributed by atoms with van der Waals surface area (Å²) in [5.41, 5.74) is 68.5. The highest BCUT2D eigenvalue weighted by Gasteiger charge is 2.56. The normalized spacial score (nSPS) is 34.0. The van der Waals surface area contributed by atoms with Crippen molar-refractivity contribution >= 4 is 41.7 Å². The third-order valence-corrected chi connectivity index (χ3v) is 13.6. The summed E-state index contributed by atoms with van der Waals surface area (Å²) in [5.74, 6) is -3.06. The van der Waals surface area contributed by atoms with Gasteiger partial charge in [-0.2, -0.15) is 0 Å². The van der Waals surface area contributed by atoms with Crippen molar-refractivity contribution in [2.45, 2.75) is 220 Å². The highest BCUT2D eigenvalue weighted by molar-refractivity contribution is 5.78. The van der Waals surface area contributed by atoms with Gasteiger partial charge in [0.15, 0.2) is 54.6 Å². The summed E-state index contributed by atoms with van der Waals surface area (Å²) >= 11 is 0. The fraction of sp³-hybridized carbons (Fsp3) is 0.844. The van der Waals surface area contributed by atoms with Crippen LogP contribution in [0.4, 0.5) is 0 Å². The van der Waals surface area contributed by atoms with Crippen LogP contribution in [0.5, 0.6) is 0 Å². The van der Waals surface area contributed by atoms with Gasteiger partial charge in [-0.3, -0.25) is 14.8 Å². The fourth-order valence-electron chi connectivity index (χ4n) is 9.71. The van der Waals surface area contributed by atoms with Gasteiger partial charge in [0.05, 0.1) is 25.2 Å². The number of amides is 1. The zero-order valence-electron chi connectivity index (χ0n) is 43.9. The van der Waals surface area contributed by atoms with E-state index in [4.69, 9.17) is 97.2 Å². The van der Waals surface area contributed by atoms with Crippen LogP contribution in [-0.4, -0.2) is 208 Å². The molecule has 32 heteroatoms. The van der Waals surface area contributed by atoms with Gasteiger partial charge in [-0.1, -0.05) is 84.0 Å². The molecule has 0 aromatic carbocycles. The van der Waals surface area contributed by atoms with E-state index in [-0.39, 0.29) is 50.3 Å². The molecule has 1 aliphatic carbocycles. The van der Waals surface area contributed by atoms with Crippen LogP contribution in [0.3, 0.4) is 0 Å². The van der Waals surface area contributed by atoms with Gasteiger partial charge in [-0.25, -0.2) is 20.0 Å². The fourth-order valence-corrected chi connectivity index (χ4v) is 9.71. The monoisotopic (exact) mass is 1100 g/mol. The van der Waals surface area contributed by atoms with Crippen molar-refractivity contribution in [3.05, 3.63) is 0 Å². The van der Waals surface area contributed by atoms with Crippen LogP contribution < -0.4 is 74.1 Å². The lowest BCUT2D eigenvalue weighted by atomic mass is 9.83. The second-order valence-corrected chi connectivity index (χ2v) is 19.8. The first-order chi connectivity index (χ1) is 36.5. The minimum Gasteiger partial charge on any atom is -0.388 e. The number of aliphatic hydroxyl groups is 6. The second kappa shape index (κ2) is 31.9. The van der Waals surface area contributed by atoms with Crippen LogP contribution >= 0.6 is 0 Å². The van der Waals surface area contributed by atoms with E-state index in [9.17, 15) is 35.4 Å². The zero-order valence-corrected chi connectivity index (χ0v) is 43.9. The number of unbranched alkanes of at least 4 members (excludes halogenated alkanes) is 12. The number of carbonyl (C=O) groups excluding carboxylic acids is 1. The Balaban J connectivity index is 1.66. The van der Waals surface area contributed by atoms with Crippen LogP contribution in [-0.2, 0) is 33.2 Å². The standard InChI is InChI=1S/C45H89N19O13/c1-2-3-4-5-6-7-8-9-10-11-12-13-14-15-25(65)58-19-24-35(76-38-27(64-45(56)57)32(70)30(68)23(73-38)18-60-41(48)49)33(71)39(74-24)77-36-28(66)20(61-42(50)51)16-21(62-43(52)53)34(36)75-37-26(63-44(54)55)31(69)29(67)22(72-37)17-59-40(46)47/h20-24,26-39,66-71H,2-19H2,1H3,(H,58,65)(H4,46,47,59)(H4,48,49,60)(H4,50,51,61)(H4,52,53,62)(H4,54,55,63)(H4,56,57,64)/t20-,21+,22-,23+,24-,26-,27-,28+,29-,30-,31-,32-,33-,34-,35-,36-,37-,38-,39+/m1/s1. The molecule has 0 aromatic rings. The van der Waals surface area contributed by atoms with Crippen LogP contribution in [0.15, 0.2) is 30.0 Å². The molecule has 0 aromatic heterocycles. The lowest BCUT2D eigenvalue weighted by Gasteiger charge is -2.47. The molecule has 3 saturated heterocycles. The summed E-state index contributed by atoms with van der Waals surface area (Å²) in [6.07, 6.45) is -9.93. The van der Waals surface area contributed by atoms with Crippen molar-refractivity contribution < 1.29 is 63.9 Å². The van der Waals surface area contributed by atoms with Gasteiger partial charge in [-0.15, -0.1) is 0 Å². The highest BCUT2D eigenvalue weighted by Crippen LogP contribution is 2.38. The van der Waals surface area contributed by atoms with Gasteiger partial charge in [0.25, 0.3) is 0 Å². The molecule has 0 bridgehead atoms. The van der Waals surface area contributed by atoms with Crippen LogP contribution in [0.25, 0.3) is 0 Å². The van der Waals surface area contributed by atoms with Crippen molar-refractivity contribution in [2.75, 3.05) is 19.6 Å². The average molecular weight is 1100 g/mol. The largest absolute Gasteiger partial charge is 0.388 e. The SMILES string of the molecule is CCCCCCCCCCCCCCCC(=O)NC[C@H]1O[C@@H](O[C@@H]2[C@@H](O)[C@H](N=C(N)N)C[C@H](N=C(N)N)[C@H]2O[C@H]2O[C@H](CN=C(N)N)[C@@H](O)[C@H](O)[C@H]2N=C(N)N)[C@H](O)[C@@H]1O[C@H]1O[C@@H](CN=C(N)N)[C@@H](O)[C@H](O)[C@H]1N=C(N)N. The van der Waals surface area contributed by atoms with E-state index in [1.54, 1.807) is 0 Å². The molecular weight excluding hydrogens is 1010 g/mol. The smallest absolute Gasteiger partial charge is 0.220 e. The summed E-state index contributed by atoms with van der Waals surface area (Å²) in [6, 6.07) is -5.55. The lowest BCUT2D eigenvalue weighted by Crippen LogP contribution is -2.64. The topological polar surface area (TPSA) is 592 Å². The summed E-state index contributed by atoms with van der Waals surface area (Å²) in [5, 5.41) is 71.9. The Morgan fingerprint density at radius 1 is 0.455 bits per heavy atom. The number of guanidine groups is 6. The molecule has 0 unspecified atom stereocenters. The Hall–Kier alpha value is -5.39. The molecule has 4 aliphatic rings. The molecule has 0 spiro atoms. The number of nitrogens with one attached hydrogen (secondary N) is 1. The van der Waals surface area contributed by atoms with Gasteiger partial charge in [0, 0.05) is 13.0 Å². The van der Waals surface area contributed by atoms with Crippen molar-refractivity contribution in [1.29, 1.82) is 0 Å². The van der Waals surface area contributed by atoms with E-state index in [1.165, 1.54) is 51.4 Å². The van der Waals surface area contributed by atoms with E-state index in [0.29, 0.717) is 6.42 Å². The Bertz CT molecular complexity index is 1970. The zero-order chi connectivity index (χ0) is 56.9. The molecule has 4 rings (SSSR count). The Labute approximate surface area is 447 Å². The van der Waals surface area contributed by atoms with Crippen molar-refractivity contribution in [2.24, 2.45) is 98.8 Å². The van der Waals surface area contributed by atoms with Crippen molar-refractivity contribution in [3.63, 3.8) is 0 Å². The molecule has 77 heavy (non-hydrogen) atoms. The Kier molecular flexibility index (Phi) is 26.5. The molecule has 1 saturated carbocycles. The maximum absolute atomic E-state index is 13.4. The number of ether oxygens (including phenoxy) is 6. The molecule has 19 atom stereocenters. The van der Waals surface area contributed by atoms with Crippen LogP contribution in [0.2, 0.25) is 0 Å². The maximum atomic E-state index is 13.4. The van der Waals surface area contributed by atoms with E-state index in [1.807, 2.05) is 0 Å². The number of hydrogen-bond acceptors (Lipinski definition) is 19. The van der Waals surface area contributed by atoms with Gasteiger partial charge >= 0.3 is 0 Å².